The van der Waals surface area contributed by atoms with Crippen LogP contribution in [-0.2, 0) is 9.63 Å². The van der Waals surface area contributed by atoms with E-state index in [1.165, 1.54) is 6.92 Å². The Kier molecular flexibility index (Phi) is 3.43. The maximum atomic E-state index is 9.88. The van der Waals surface area contributed by atoms with Gasteiger partial charge in [0.2, 0.25) is 0 Å². The lowest BCUT2D eigenvalue weighted by Crippen LogP contribution is -2.29. The fraction of sp³-hybridized carbons (Fsp3) is 0.600. The first-order valence-electron chi connectivity index (χ1n) is 2.56. The summed E-state index contributed by atoms with van der Waals surface area (Å²) < 4.78 is 0. The van der Waals surface area contributed by atoms with Crippen LogP contribution in [-0.4, -0.2) is 18.3 Å². The number of aliphatic carboxylic acids is 1. The first-order valence-corrected chi connectivity index (χ1v) is 2.56. The highest BCUT2D eigenvalue weighted by atomic mass is 16.6. The molecule has 0 aromatic heterocycles. The number of nitrogens with zero attached hydrogens (tertiary/aromatic N) is 1. The molecule has 0 N–H and O–H groups in total. The predicted molar refractivity (Wildman–Crippen MR) is 29.7 cm³/mol. The van der Waals surface area contributed by atoms with Crippen molar-refractivity contribution in [2.75, 3.05) is 6.61 Å². The average molecular weight is 130 g/mol. The number of rotatable bonds is 3. The minimum Gasteiger partial charge on any atom is -0.543 e. The molecule has 0 spiro atoms. The molecule has 0 atom stereocenters. The Bertz CT molecular complexity index is 130. The molecule has 0 aromatic carbocycles. The molecule has 0 aliphatic carbocycles. The molecule has 4 heteroatoms. The minimum atomic E-state index is -1.30. The highest BCUT2D eigenvalue weighted by molar-refractivity contribution is 6.33. The number of carboxylic acid groups (broad SMARTS) is 1. The summed E-state index contributed by atoms with van der Waals surface area (Å²) in [6.45, 7) is 3.39. The van der Waals surface area contributed by atoms with Gasteiger partial charge in [-0.25, -0.2) is 0 Å². The van der Waals surface area contributed by atoms with Crippen molar-refractivity contribution < 1.29 is 14.7 Å². The van der Waals surface area contributed by atoms with E-state index in [1.54, 1.807) is 6.92 Å². The summed E-state index contributed by atoms with van der Waals surface area (Å²) in [6, 6.07) is 0. The zero-order valence-corrected chi connectivity index (χ0v) is 5.38. The van der Waals surface area contributed by atoms with Crippen molar-refractivity contribution >= 4 is 11.7 Å². The third kappa shape index (κ3) is 3.52. The van der Waals surface area contributed by atoms with Gasteiger partial charge in [0.05, 0.1) is 11.7 Å². The molecule has 0 heterocycles. The van der Waals surface area contributed by atoms with Gasteiger partial charge in [0.15, 0.2) is 0 Å². The Morgan fingerprint density at radius 3 is 2.67 bits per heavy atom. The molecular weight excluding hydrogens is 122 g/mol. The second-order valence-electron chi connectivity index (χ2n) is 1.38. The van der Waals surface area contributed by atoms with Crippen molar-refractivity contribution in [2.24, 2.45) is 5.16 Å². The quantitative estimate of drug-likeness (QED) is 0.369. The Morgan fingerprint density at radius 1 is 1.78 bits per heavy atom. The lowest BCUT2D eigenvalue weighted by molar-refractivity contribution is -0.294. The van der Waals surface area contributed by atoms with E-state index in [4.69, 9.17) is 0 Å². The largest absolute Gasteiger partial charge is 0.543 e. The molecule has 0 saturated heterocycles. The summed E-state index contributed by atoms with van der Waals surface area (Å²) in [4.78, 5) is 14.3. The topological polar surface area (TPSA) is 61.7 Å². The molecule has 0 aliphatic rings. The Hall–Kier alpha value is -1.06. The van der Waals surface area contributed by atoms with E-state index in [0.717, 1.165) is 0 Å². The third-order valence-corrected chi connectivity index (χ3v) is 0.626. The average Bonchev–Trinajstić information content (AvgIpc) is 1.82. The zero-order valence-electron chi connectivity index (χ0n) is 5.38. The molecule has 9 heavy (non-hydrogen) atoms. The maximum Gasteiger partial charge on any atom is 0.114 e. The monoisotopic (exact) mass is 130 g/mol. The van der Waals surface area contributed by atoms with Crippen LogP contribution < -0.4 is 5.11 Å². The number of hydrogen-bond donors (Lipinski definition) is 0. The highest BCUT2D eigenvalue weighted by Gasteiger charge is 1.88. The molecule has 0 saturated carbocycles. The van der Waals surface area contributed by atoms with Crippen LogP contribution in [0.1, 0.15) is 13.8 Å². The maximum absolute atomic E-state index is 9.88. The predicted octanol–water partition coefficient (Wildman–Crippen LogP) is -0.851. The summed E-state index contributed by atoms with van der Waals surface area (Å²) in [5, 5.41) is 13.1. The SMILES string of the molecule is CCO/N=C(/C)C(=O)[O-]. The van der Waals surface area contributed by atoms with Gasteiger partial charge in [0.1, 0.15) is 6.61 Å². The number of carbonyl (C=O) groups is 1. The summed E-state index contributed by atoms with van der Waals surface area (Å²) in [5.41, 5.74) is -0.142. The summed E-state index contributed by atoms with van der Waals surface area (Å²) >= 11 is 0. The van der Waals surface area contributed by atoms with Gasteiger partial charge in [-0.15, -0.1) is 0 Å². The van der Waals surface area contributed by atoms with Gasteiger partial charge in [-0.2, -0.15) is 0 Å². The molecule has 0 aliphatic heterocycles. The number of oxime groups is 1. The standard InChI is InChI=1S/C5H9NO3/c1-3-9-6-4(2)5(7)8/h3H2,1-2H3,(H,7,8)/p-1/b6-4-. The molecule has 0 radical (unpaired) electrons. The summed E-state index contributed by atoms with van der Waals surface area (Å²) in [7, 11) is 0. The van der Waals surface area contributed by atoms with Gasteiger partial charge >= 0.3 is 0 Å². The molecule has 4 nitrogen and oxygen atoms in total. The van der Waals surface area contributed by atoms with Crippen molar-refractivity contribution in [3.63, 3.8) is 0 Å². The van der Waals surface area contributed by atoms with E-state index >= 15 is 0 Å². The molecule has 0 rings (SSSR count). The third-order valence-electron chi connectivity index (χ3n) is 0.626. The van der Waals surface area contributed by atoms with Crippen LogP contribution in [0.3, 0.4) is 0 Å². The smallest absolute Gasteiger partial charge is 0.114 e. The zero-order chi connectivity index (χ0) is 7.28. The van der Waals surface area contributed by atoms with Crippen molar-refractivity contribution in [3.8, 4) is 0 Å². The first kappa shape index (κ1) is 7.94. The summed E-state index contributed by atoms with van der Waals surface area (Å²) in [5.74, 6) is -1.30. The molecule has 0 bridgehead atoms. The van der Waals surface area contributed by atoms with E-state index in [1.807, 2.05) is 0 Å². The van der Waals surface area contributed by atoms with Crippen molar-refractivity contribution in [1.29, 1.82) is 0 Å². The van der Waals surface area contributed by atoms with Crippen molar-refractivity contribution in [2.45, 2.75) is 13.8 Å². The van der Waals surface area contributed by atoms with Gasteiger partial charge in [-0.05, 0) is 13.8 Å². The molecule has 0 amide bonds. The highest BCUT2D eigenvalue weighted by Crippen LogP contribution is 1.77. The number of carboxylic acids is 1. The normalized spacial score (nSPS) is 11.1. The minimum absolute atomic E-state index is 0.142. The first-order chi connectivity index (χ1) is 4.18. The van der Waals surface area contributed by atoms with Crippen LogP contribution >= 0.6 is 0 Å². The molecule has 0 aromatic rings. The van der Waals surface area contributed by atoms with Crippen molar-refractivity contribution in [1.82, 2.24) is 0 Å². The van der Waals surface area contributed by atoms with Crippen LogP contribution in [0.4, 0.5) is 0 Å². The van der Waals surface area contributed by atoms with Crippen molar-refractivity contribution in [3.05, 3.63) is 0 Å². The fourth-order valence-corrected chi connectivity index (χ4v) is 0.199. The van der Waals surface area contributed by atoms with Crippen LogP contribution in [0.2, 0.25) is 0 Å². The molecule has 0 unspecified atom stereocenters. The van der Waals surface area contributed by atoms with E-state index < -0.39 is 5.97 Å². The van der Waals surface area contributed by atoms with Crippen LogP contribution in [0.25, 0.3) is 0 Å². The van der Waals surface area contributed by atoms with Crippen LogP contribution in [0.15, 0.2) is 5.16 Å². The Morgan fingerprint density at radius 2 is 2.33 bits per heavy atom. The second-order valence-corrected chi connectivity index (χ2v) is 1.38. The van der Waals surface area contributed by atoms with Crippen LogP contribution in [0, 0.1) is 0 Å². The van der Waals surface area contributed by atoms with Gasteiger partial charge < -0.3 is 14.7 Å². The van der Waals surface area contributed by atoms with Gasteiger partial charge in [0, 0.05) is 0 Å². The van der Waals surface area contributed by atoms with E-state index in [-0.39, 0.29) is 5.71 Å². The van der Waals surface area contributed by atoms with Gasteiger partial charge in [0.25, 0.3) is 0 Å². The number of carbonyl (C=O) groups excluding carboxylic acids is 1. The lowest BCUT2D eigenvalue weighted by atomic mass is 10.4. The van der Waals surface area contributed by atoms with E-state index in [0.29, 0.717) is 6.61 Å². The number of hydrogen-bond acceptors (Lipinski definition) is 4. The molecular formula is C5H8NO3-. The van der Waals surface area contributed by atoms with Crippen LogP contribution in [0.5, 0.6) is 0 Å². The Balaban J connectivity index is 3.69. The van der Waals surface area contributed by atoms with E-state index in [2.05, 4.69) is 9.99 Å². The second kappa shape index (κ2) is 3.88. The van der Waals surface area contributed by atoms with Gasteiger partial charge in [-0.3, -0.25) is 0 Å². The molecule has 0 fully saturated rings. The lowest BCUT2D eigenvalue weighted by Gasteiger charge is -1.98. The fourth-order valence-electron chi connectivity index (χ4n) is 0.199. The Labute approximate surface area is 53.1 Å². The molecule has 52 valence electrons. The van der Waals surface area contributed by atoms with Gasteiger partial charge in [-0.1, -0.05) is 5.16 Å². The van der Waals surface area contributed by atoms with E-state index in [9.17, 15) is 9.90 Å². The summed E-state index contributed by atoms with van der Waals surface area (Å²) in [6.07, 6.45) is 0.